The van der Waals surface area contributed by atoms with Gasteiger partial charge in [0, 0.05) is 18.7 Å². The molecular formula is C17H22N2O2. The van der Waals surface area contributed by atoms with Gasteiger partial charge in [-0.3, -0.25) is 4.79 Å². The molecule has 2 rings (SSSR count). The Kier molecular flexibility index (Phi) is 6.26. The molecule has 1 aliphatic rings. The topological polar surface area (TPSA) is 64.3 Å². The van der Waals surface area contributed by atoms with E-state index in [1.54, 1.807) is 0 Å². The minimum Gasteiger partial charge on any atom is -0.378 e. The minimum atomic E-state index is 0.0310. The van der Waals surface area contributed by atoms with Crippen molar-refractivity contribution in [2.24, 2.45) is 5.73 Å². The Labute approximate surface area is 126 Å². The molecule has 0 radical (unpaired) electrons. The molecule has 0 spiro atoms. The van der Waals surface area contributed by atoms with Crippen LogP contribution in [0.5, 0.6) is 0 Å². The van der Waals surface area contributed by atoms with E-state index in [-0.39, 0.29) is 12.0 Å². The van der Waals surface area contributed by atoms with E-state index >= 15 is 0 Å². The number of nitrogens with one attached hydrogen (secondary N) is 1. The van der Waals surface area contributed by atoms with Crippen LogP contribution < -0.4 is 11.1 Å². The van der Waals surface area contributed by atoms with E-state index in [0.29, 0.717) is 19.5 Å². The van der Waals surface area contributed by atoms with E-state index in [2.05, 4.69) is 17.2 Å². The second-order valence-corrected chi connectivity index (χ2v) is 5.13. The summed E-state index contributed by atoms with van der Waals surface area (Å²) in [5, 5.41) is 2.95. The average molecular weight is 286 g/mol. The zero-order valence-corrected chi connectivity index (χ0v) is 12.2. The zero-order chi connectivity index (χ0) is 14.9. The summed E-state index contributed by atoms with van der Waals surface area (Å²) in [6.07, 6.45) is 3.75. The van der Waals surface area contributed by atoms with Crippen LogP contribution in [0.25, 0.3) is 0 Å². The lowest BCUT2D eigenvalue weighted by Crippen LogP contribution is -2.30. The lowest BCUT2D eigenvalue weighted by Gasteiger charge is -2.22. The molecule has 1 amide bonds. The molecule has 0 aliphatic carbocycles. The summed E-state index contributed by atoms with van der Waals surface area (Å²) in [6, 6.07) is 7.79. The molecule has 1 saturated heterocycles. The lowest BCUT2D eigenvalue weighted by atomic mass is 10.1. The monoisotopic (exact) mass is 286 g/mol. The standard InChI is InChI=1S/C17H22N2O2/c18-10-5-8-14-6-1-2-7-15(14)13-19-17(20)12-16-9-3-4-11-21-16/h1-2,6-7,16H,3-4,9-13,18H2,(H,19,20). The van der Waals surface area contributed by atoms with E-state index < -0.39 is 0 Å². The quantitative estimate of drug-likeness (QED) is 0.826. The van der Waals surface area contributed by atoms with Gasteiger partial charge in [0.25, 0.3) is 0 Å². The second kappa shape index (κ2) is 8.46. The van der Waals surface area contributed by atoms with E-state index in [1.165, 1.54) is 0 Å². The third kappa shape index (κ3) is 5.22. The lowest BCUT2D eigenvalue weighted by molar-refractivity contribution is -0.125. The van der Waals surface area contributed by atoms with Crippen LogP contribution in [0.1, 0.15) is 36.8 Å². The number of benzene rings is 1. The molecule has 1 unspecified atom stereocenters. The number of amides is 1. The maximum Gasteiger partial charge on any atom is 0.222 e. The Morgan fingerprint density at radius 1 is 1.38 bits per heavy atom. The van der Waals surface area contributed by atoms with Crippen molar-refractivity contribution < 1.29 is 9.53 Å². The van der Waals surface area contributed by atoms with Crippen molar-refractivity contribution in [2.45, 2.75) is 38.3 Å². The summed E-state index contributed by atoms with van der Waals surface area (Å²) in [5.74, 6) is 5.90. The predicted octanol–water partition coefficient (Wildman–Crippen LogP) is 1.57. The van der Waals surface area contributed by atoms with Gasteiger partial charge in [-0.25, -0.2) is 0 Å². The highest BCUT2D eigenvalue weighted by Crippen LogP contribution is 2.15. The molecule has 1 aromatic rings. The fourth-order valence-corrected chi connectivity index (χ4v) is 2.38. The number of hydrogen-bond donors (Lipinski definition) is 2. The van der Waals surface area contributed by atoms with Crippen molar-refractivity contribution in [1.82, 2.24) is 5.32 Å². The maximum atomic E-state index is 12.0. The van der Waals surface area contributed by atoms with Gasteiger partial charge in [-0.1, -0.05) is 30.0 Å². The SMILES string of the molecule is NCC#Cc1ccccc1CNC(=O)CC1CCCCO1. The van der Waals surface area contributed by atoms with Gasteiger partial charge in [0.1, 0.15) is 0 Å². The summed E-state index contributed by atoms with van der Waals surface area (Å²) in [5.41, 5.74) is 7.32. The molecule has 0 aromatic heterocycles. The molecular weight excluding hydrogens is 264 g/mol. The number of carbonyl (C=O) groups is 1. The van der Waals surface area contributed by atoms with Crippen LogP contribution in [0, 0.1) is 11.8 Å². The molecule has 1 atom stereocenters. The highest BCUT2D eigenvalue weighted by molar-refractivity contribution is 5.76. The van der Waals surface area contributed by atoms with Crippen molar-refractivity contribution in [2.75, 3.05) is 13.2 Å². The largest absolute Gasteiger partial charge is 0.378 e. The molecule has 1 fully saturated rings. The van der Waals surface area contributed by atoms with Gasteiger partial charge in [-0.05, 0) is 30.9 Å². The van der Waals surface area contributed by atoms with Crippen LogP contribution in [0.15, 0.2) is 24.3 Å². The summed E-state index contributed by atoms with van der Waals surface area (Å²) in [7, 11) is 0. The number of hydrogen-bond acceptors (Lipinski definition) is 3. The van der Waals surface area contributed by atoms with Crippen molar-refractivity contribution in [3.05, 3.63) is 35.4 Å². The van der Waals surface area contributed by atoms with Crippen molar-refractivity contribution >= 4 is 5.91 Å². The Morgan fingerprint density at radius 2 is 2.24 bits per heavy atom. The Balaban J connectivity index is 1.86. The zero-order valence-electron chi connectivity index (χ0n) is 12.2. The predicted molar refractivity (Wildman–Crippen MR) is 82.4 cm³/mol. The molecule has 1 aliphatic heterocycles. The molecule has 112 valence electrons. The van der Waals surface area contributed by atoms with Crippen LogP contribution >= 0.6 is 0 Å². The van der Waals surface area contributed by atoms with E-state index in [9.17, 15) is 4.79 Å². The number of ether oxygens (including phenoxy) is 1. The third-order valence-electron chi connectivity index (χ3n) is 3.51. The molecule has 4 heteroatoms. The highest BCUT2D eigenvalue weighted by Gasteiger charge is 2.17. The summed E-state index contributed by atoms with van der Waals surface area (Å²) < 4.78 is 5.58. The Morgan fingerprint density at radius 3 is 3.00 bits per heavy atom. The van der Waals surface area contributed by atoms with Gasteiger partial charge in [-0.2, -0.15) is 0 Å². The first-order valence-corrected chi connectivity index (χ1v) is 7.44. The van der Waals surface area contributed by atoms with E-state index in [1.807, 2.05) is 24.3 Å². The number of carbonyl (C=O) groups excluding carboxylic acids is 1. The summed E-state index contributed by atoms with van der Waals surface area (Å²) in [4.78, 5) is 12.0. The van der Waals surface area contributed by atoms with Crippen LogP contribution in [-0.4, -0.2) is 25.2 Å². The van der Waals surface area contributed by atoms with E-state index in [0.717, 1.165) is 37.0 Å². The third-order valence-corrected chi connectivity index (χ3v) is 3.51. The molecule has 3 N–H and O–H groups in total. The number of rotatable bonds is 4. The molecule has 0 bridgehead atoms. The summed E-state index contributed by atoms with van der Waals surface area (Å²) >= 11 is 0. The molecule has 1 aromatic carbocycles. The van der Waals surface area contributed by atoms with Gasteiger partial charge in [0.2, 0.25) is 5.91 Å². The van der Waals surface area contributed by atoms with Gasteiger partial charge >= 0.3 is 0 Å². The Bertz CT molecular complexity index is 525. The van der Waals surface area contributed by atoms with Crippen molar-refractivity contribution in [3.8, 4) is 11.8 Å². The first-order chi connectivity index (χ1) is 10.3. The normalized spacial score (nSPS) is 17.7. The highest BCUT2D eigenvalue weighted by atomic mass is 16.5. The maximum absolute atomic E-state index is 12.0. The Hall–Kier alpha value is -1.83. The fourth-order valence-electron chi connectivity index (χ4n) is 2.38. The van der Waals surface area contributed by atoms with Crippen molar-refractivity contribution in [3.63, 3.8) is 0 Å². The smallest absolute Gasteiger partial charge is 0.222 e. The van der Waals surface area contributed by atoms with Crippen LogP contribution in [0.3, 0.4) is 0 Å². The van der Waals surface area contributed by atoms with Gasteiger partial charge < -0.3 is 15.8 Å². The van der Waals surface area contributed by atoms with Gasteiger partial charge in [0.05, 0.1) is 19.1 Å². The first kappa shape index (κ1) is 15.6. The molecule has 21 heavy (non-hydrogen) atoms. The van der Waals surface area contributed by atoms with E-state index in [4.69, 9.17) is 10.5 Å². The van der Waals surface area contributed by atoms with Crippen LogP contribution in [0.4, 0.5) is 0 Å². The summed E-state index contributed by atoms with van der Waals surface area (Å²) in [6.45, 7) is 1.59. The van der Waals surface area contributed by atoms with Crippen molar-refractivity contribution in [1.29, 1.82) is 0 Å². The van der Waals surface area contributed by atoms with Crippen LogP contribution in [0.2, 0.25) is 0 Å². The fraction of sp³-hybridized carbons (Fsp3) is 0.471. The minimum absolute atomic E-state index is 0.0310. The van der Waals surface area contributed by atoms with Crippen LogP contribution in [-0.2, 0) is 16.1 Å². The molecule has 1 heterocycles. The average Bonchev–Trinajstić information content (AvgIpc) is 2.52. The number of nitrogens with two attached hydrogens (primary N) is 1. The molecule has 0 saturated carbocycles. The first-order valence-electron chi connectivity index (χ1n) is 7.44. The molecule has 4 nitrogen and oxygen atoms in total. The van der Waals surface area contributed by atoms with Gasteiger partial charge in [-0.15, -0.1) is 0 Å². The second-order valence-electron chi connectivity index (χ2n) is 5.13. The van der Waals surface area contributed by atoms with Gasteiger partial charge in [0.15, 0.2) is 0 Å².